The Labute approximate surface area is 142 Å². The van der Waals surface area contributed by atoms with Crippen molar-refractivity contribution in [1.82, 2.24) is 5.23 Å². The highest BCUT2D eigenvalue weighted by molar-refractivity contribution is 4.48. The quantitative estimate of drug-likeness (QED) is 0.278. The number of aliphatic hydroxyl groups is 2. The van der Waals surface area contributed by atoms with Crippen molar-refractivity contribution in [3.05, 3.63) is 0 Å². The van der Waals surface area contributed by atoms with Gasteiger partial charge in [0.25, 0.3) is 0 Å². The second-order valence-corrected chi connectivity index (χ2v) is 6.06. The molecule has 0 heterocycles. The van der Waals surface area contributed by atoms with Crippen LogP contribution in [0.3, 0.4) is 0 Å². The first-order valence-electron chi connectivity index (χ1n) is 9.60. The lowest BCUT2D eigenvalue weighted by Crippen LogP contribution is -2.27. The Morgan fingerprint density at radius 3 is 1.48 bits per heavy atom. The van der Waals surface area contributed by atoms with E-state index in [2.05, 4.69) is 6.92 Å². The van der Waals surface area contributed by atoms with Crippen molar-refractivity contribution in [2.45, 2.75) is 84.0 Å². The van der Waals surface area contributed by atoms with Crippen molar-refractivity contribution < 1.29 is 19.9 Å². The molecule has 0 rings (SSSR count). The monoisotopic (exact) mass is 333 g/mol. The van der Waals surface area contributed by atoms with Crippen LogP contribution in [-0.4, -0.2) is 48.4 Å². The largest absolute Gasteiger partial charge is 0.396 e. The smallest absolute Gasteiger partial charge is 0.0733 e. The van der Waals surface area contributed by atoms with Crippen LogP contribution in [0.15, 0.2) is 0 Å². The molecule has 0 unspecified atom stereocenters. The number of hydrogen-bond donors (Lipinski definition) is 2. The molecule has 0 aromatic rings. The molecule has 0 saturated heterocycles. The topological polar surface area (TPSA) is 62.2 Å². The zero-order valence-corrected chi connectivity index (χ0v) is 15.2. The minimum Gasteiger partial charge on any atom is -0.396 e. The molecule has 0 radical (unpaired) electrons. The van der Waals surface area contributed by atoms with Gasteiger partial charge in [0.05, 0.1) is 19.8 Å². The van der Waals surface area contributed by atoms with Gasteiger partial charge in [0.1, 0.15) is 0 Å². The van der Waals surface area contributed by atoms with Crippen LogP contribution >= 0.6 is 0 Å². The molecule has 5 heteroatoms. The van der Waals surface area contributed by atoms with Gasteiger partial charge in [-0.1, -0.05) is 69.9 Å². The van der Waals surface area contributed by atoms with Crippen molar-refractivity contribution in [2.24, 2.45) is 0 Å². The molecule has 0 spiro atoms. The molecular weight excluding hydrogens is 294 g/mol. The molecule has 0 bridgehead atoms. The third-order valence-corrected chi connectivity index (χ3v) is 3.77. The molecule has 2 N–H and O–H groups in total. The van der Waals surface area contributed by atoms with Crippen LogP contribution in [0.2, 0.25) is 0 Å². The third kappa shape index (κ3) is 18.0. The van der Waals surface area contributed by atoms with Gasteiger partial charge in [-0.3, -0.25) is 9.68 Å². The van der Waals surface area contributed by atoms with Crippen LogP contribution in [0.5, 0.6) is 0 Å². The third-order valence-electron chi connectivity index (χ3n) is 3.77. The lowest BCUT2D eigenvalue weighted by Gasteiger charge is -2.20. The molecule has 0 atom stereocenters. The molecule has 0 aliphatic heterocycles. The minimum absolute atomic E-state index is 0.128. The molecule has 23 heavy (non-hydrogen) atoms. The minimum atomic E-state index is 0.128. The van der Waals surface area contributed by atoms with E-state index in [0.29, 0.717) is 26.1 Å². The number of nitrogens with zero attached hydrogens (tertiary/aromatic N) is 1. The van der Waals surface area contributed by atoms with E-state index in [0.717, 1.165) is 13.0 Å². The van der Waals surface area contributed by atoms with Crippen LogP contribution in [0.1, 0.15) is 84.0 Å². The summed E-state index contributed by atoms with van der Waals surface area (Å²) >= 11 is 0. The van der Waals surface area contributed by atoms with E-state index >= 15 is 0 Å². The van der Waals surface area contributed by atoms with Crippen LogP contribution in [0, 0.1) is 0 Å². The SMILES string of the molecule is CCCCCCCCCCCCN(OCCCO)OCCCO. The Morgan fingerprint density at radius 1 is 0.609 bits per heavy atom. The molecular formula is C18H39NO4. The summed E-state index contributed by atoms with van der Waals surface area (Å²) in [6.45, 7) is 4.18. The number of aliphatic hydroxyl groups excluding tert-OH is 2. The van der Waals surface area contributed by atoms with Crippen molar-refractivity contribution >= 4 is 0 Å². The normalized spacial score (nSPS) is 11.5. The molecule has 0 aromatic heterocycles. The fraction of sp³-hybridized carbons (Fsp3) is 1.00. The van der Waals surface area contributed by atoms with Crippen molar-refractivity contribution in [3.63, 3.8) is 0 Å². The zero-order chi connectivity index (χ0) is 17.0. The fourth-order valence-corrected chi connectivity index (χ4v) is 2.36. The number of rotatable bonds is 19. The van der Waals surface area contributed by atoms with E-state index < -0.39 is 0 Å². The molecule has 0 amide bonds. The van der Waals surface area contributed by atoms with Crippen molar-refractivity contribution in [1.29, 1.82) is 0 Å². The Hall–Kier alpha value is -0.200. The van der Waals surface area contributed by atoms with Gasteiger partial charge in [-0.15, -0.1) is 0 Å². The fourth-order valence-electron chi connectivity index (χ4n) is 2.36. The molecule has 0 aromatic carbocycles. The Morgan fingerprint density at radius 2 is 1.04 bits per heavy atom. The van der Waals surface area contributed by atoms with E-state index in [4.69, 9.17) is 19.9 Å². The second kappa shape index (κ2) is 19.8. The summed E-state index contributed by atoms with van der Waals surface area (Å²) in [5.41, 5.74) is 0. The van der Waals surface area contributed by atoms with Gasteiger partial charge >= 0.3 is 0 Å². The summed E-state index contributed by atoms with van der Waals surface area (Å²) in [5, 5.41) is 19.1. The molecule has 0 aliphatic rings. The van der Waals surface area contributed by atoms with Crippen molar-refractivity contribution in [2.75, 3.05) is 33.0 Å². The zero-order valence-electron chi connectivity index (χ0n) is 15.2. The van der Waals surface area contributed by atoms with Gasteiger partial charge in [-0.25, -0.2) is 0 Å². The van der Waals surface area contributed by atoms with Gasteiger partial charge in [0.15, 0.2) is 0 Å². The van der Waals surface area contributed by atoms with E-state index in [1.54, 1.807) is 0 Å². The lowest BCUT2D eigenvalue weighted by atomic mass is 10.1. The highest BCUT2D eigenvalue weighted by Crippen LogP contribution is 2.11. The predicted molar refractivity (Wildman–Crippen MR) is 93.9 cm³/mol. The Balaban J connectivity index is 3.48. The van der Waals surface area contributed by atoms with Crippen LogP contribution in [0.4, 0.5) is 0 Å². The first-order valence-corrected chi connectivity index (χ1v) is 9.60. The van der Waals surface area contributed by atoms with Gasteiger partial charge in [0.2, 0.25) is 0 Å². The maximum atomic E-state index is 8.79. The summed E-state index contributed by atoms with van der Waals surface area (Å²) in [5.74, 6) is 0. The summed E-state index contributed by atoms with van der Waals surface area (Å²) < 4.78 is 0. The molecule has 0 saturated carbocycles. The standard InChI is InChI=1S/C18H39NO4/c1-2-3-4-5-6-7-8-9-10-11-14-19(22-17-12-15-20)23-18-13-16-21/h20-21H,2-18H2,1H3. The van der Waals surface area contributed by atoms with Crippen molar-refractivity contribution in [3.8, 4) is 0 Å². The highest BCUT2D eigenvalue weighted by atomic mass is 16.9. The average molecular weight is 334 g/mol. The van der Waals surface area contributed by atoms with Gasteiger partial charge in [0, 0.05) is 13.2 Å². The van der Waals surface area contributed by atoms with Gasteiger partial charge < -0.3 is 10.2 Å². The first kappa shape index (κ1) is 22.8. The Bertz CT molecular complexity index is 207. The number of hydrogen-bond acceptors (Lipinski definition) is 5. The van der Waals surface area contributed by atoms with Crippen LogP contribution in [-0.2, 0) is 9.68 Å². The molecule has 0 fully saturated rings. The maximum absolute atomic E-state index is 8.79. The van der Waals surface area contributed by atoms with E-state index in [1.807, 2.05) is 0 Å². The maximum Gasteiger partial charge on any atom is 0.0733 e. The summed E-state index contributed by atoms with van der Waals surface area (Å²) in [7, 11) is 0. The predicted octanol–water partition coefficient (Wildman–Crippen LogP) is 3.84. The molecule has 0 aliphatic carbocycles. The van der Waals surface area contributed by atoms with E-state index in [9.17, 15) is 0 Å². The van der Waals surface area contributed by atoms with E-state index in [1.165, 1.54) is 63.0 Å². The summed E-state index contributed by atoms with van der Waals surface area (Å²) in [6.07, 6.45) is 14.3. The summed E-state index contributed by atoms with van der Waals surface area (Å²) in [6, 6.07) is 0. The first-order chi connectivity index (χ1) is 11.3. The summed E-state index contributed by atoms with van der Waals surface area (Å²) in [4.78, 5) is 11.0. The van der Waals surface area contributed by atoms with Gasteiger partial charge in [-0.2, -0.15) is 0 Å². The Kier molecular flexibility index (Phi) is 19.7. The number of unbranched alkanes of at least 4 members (excludes halogenated alkanes) is 9. The highest BCUT2D eigenvalue weighted by Gasteiger charge is 2.05. The van der Waals surface area contributed by atoms with Crippen LogP contribution < -0.4 is 0 Å². The lowest BCUT2D eigenvalue weighted by molar-refractivity contribution is -0.369. The average Bonchev–Trinajstić information content (AvgIpc) is 2.56. The second-order valence-electron chi connectivity index (χ2n) is 6.06. The molecule has 5 nitrogen and oxygen atoms in total. The van der Waals surface area contributed by atoms with Gasteiger partial charge in [-0.05, 0) is 19.3 Å². The van der Waals surface area contributed by atoms with Crippen LogP contribution in [0.25, 0.3) is 0 Å². The molecule has 140 valence electrons. The van der Waals surface area contributed by atoms with E-state index in [-0.39, 0.29) is 13.2 Å². The number of hydroxylamine groups is 2.